The lowest BCUT2D eigenvalue weighted by molar-refractivity contribution is 0.155. The maximum Gasteiger partial charge on any atom is 0.0462 e. The average Bonchev–Trinajstić information content (AvgIpc) is 2.26. The second-order valence-electron chi connectivity index (χ2n) is 4.49. The zero-order valence-corrected chi connectivity index (χ0v) is 11.5. The van der Waals surface area contributed by atoms with Gasteiger partial charge in [-0.3, -0.25) is 0 Å². The Hall–Kier alpha value is 0.400. The monoisotopic (exact) mass is 277 g/mol. The molecule has 1 unspecified atom stereocenters. The molecule has 0 saturated carbocycles. The normalized spacial score (nSPS) is 23.2. The van der Waals surface area contributed by atoms with Gasteiger partial charge >= 0.3 is 0 Å². The van der Waals surface area contributed by atoms with E-state index in [0.717, 1.165) is 17.9 Å². The van der Waals surface area contributed by atoms with Crippen LogP contribution in [0.25, 0.3) is 0 Å². The van der Waals surface area contributed by atoms with E-state index in [1.807, 2.05) is 0 Å². The van der Waals surface area contributed by atoms with Crippen molar-refractivity contribution in [1.29, 1.82) is 0 Å². The maximum absolute atomic E-state index is 5.07. The largest absolute Gasteiger partial charge is 0.385 e. The van der Waals surface area contributed by atoms with Crippen LogP contribution in [0.4, 0.5) is 0 Å². The summed E-state index contributed by atoms with van der Waals surface area (Å²) >= 11 is 3.54. The van der Waals surface area contributed by atoms with E-state index in [2.05, 4.69) is 20.8 Å². The van der Waals surface area contributed by atoms with Gasteiger partial charge in [-0.2, -0.15) is 0 Å². The van der Waals surface area contributed by atoms with Gasteiger partial charge in [-0.1, -0.05) is 15.9 Å². The Bertz CT molecular complexity index is 153. The molecule has 90 valence electrons. The minimum absolute atomic E-state index is 0.915. The third-order valence-corrected chi connectivity index (χ3v) is 3.65. The van der Waals surface area contributed by atoms with Crippen LogP contribution in [0, 0.1) is 5.92 Å². The van der Waals surface area contributed by atoms with Crippen molar-refractivity contribution >= 4 is 15.9 Å². The van der Waals surface area contributed by atoms with Gasteiger partial charge in [0, 0.05) is 25.6 Å². The lowest BCUT2D eigenvalue weighted by atomic mass is 9.95. The highest BCUT2D eigenvalue weighted by Gasteiger charge is 2.18. The molecule has 1 saturated heterocycles. The van der Waals surface area contributed by atoms with Crippen molar-refractivity contribution in [3.8, 4) is 0 Å². The van der Waals surface area contributed by atoms with Crippen LogP contribution in [-0.2, 0) is 4.74 Å². The molecule has 3 heteroatoms. The number of halogens is 1. The highest BCUT2D eigenvalue weighted by atomic mass is 79.9. The van der Waals surface area contributed by atoms with Crippen LogP contribution in [0.3, 0.4) is 0 Å². The van der Waals surface area contributed by atoms with Gasteiger partial charge in [0.25, 0.3) is 0 Å². The van der Waals surface area contributed by atoms with Gasteiger partial charge in [0.1, 0.15) is 0 Å². The standard InChI is InChI=1S/C12H24BrNO/c1-15-10-3-2-8-14-9-4-5-12(11-14)6-7-13/h12H,2-11H2,1H3. The summed E-state index contributed by atoms with van der Waals surface area (Å²) in [4.78, 5) is 2.63. The molecule has 0 aromatic carbocycles. The van der Waals surface area contributed by atoms with E-state index in [-0.39, 0.29) is 0 Å². The van der Waals surface area contributed by atoms with Crippen LogP contribution >= 0.6 is 15.9 Å². The smallest absolute Gasteiger partial charge is 0.0462 e. The Balaban J connectivity index is 2.07. The molecule has 0 aromatic rings. The molecule has 1 rings (SSSR count). The van der Waals surface area contributed by atoms with Gasteiger partial charge in [-0.25, -0.2) is 0 Å². The van der Waals surface area contributed by atoms with Crippen LogP contribution < -0.4 is 0 Å². The molecule has 0 aromatic heterocycles. The molecule has 0 bridgehead atoms. The minimum Gasteiger partial charge on any atom is -0.385 e. The highest BCUT2D eigenvalue weighted by molar-refractivity contribution is 9.09. The first-order valence-electron chi connectivity index (χ1n) is 6.14. The third-order valence-electron chi connectivity index (χ3n) is 3.19. The third kappa shape index (κ3) is 5.88. The highest BCUT2D eigenvalue weighted by Crippen LogP contribution is 2.20. The second kappa shape index (κ2) is 8.54. The number of alkyl halides is 1. The molecule has 0 amide bonds. The van der Waals surface area contributed by atoms with Crippen molar-refractivity contribution in [2.45, 2.75) is 32.1 Å². The summed E-state index contributed by atoms with van der Waals surface area (Å²) in [5.74, 6) is 0.931. The van der Waals surface area contributed by atoms with Crippen LogP contribution in [-0.4, -0.2) is 43.6 Å². The Morgan fingerprint density at radius 3 is 3.00 bits per heavy atom. The molecular formula is C12H24BrNO. The Morgan fingerprint density at radius 1 is 1.40 bits per heavy atom. The SMILES string of the molecule is COCCCCN1CCCC(CCBr)C1. The summed E-state index contributed by atoms with van der Waals surface area (Å²) in [6.07, 6.45) is 6.65. The molecule has 15 heavy (non-hydrogen) atoms. The van der Waals surface area contributed by atoms with Crippen molar-refractivity contribution in [1.82, 2.24) is 4.90 Å². The lowest BCUT2D eigenvalue weighted by Crippen LogP contribution is -2.36. The predicted octanol–water partition coefficient (Wildman–Crippen LogP) is 2.91. The number of ether oxygens (including phenoxy) is 1. The summed E-state index contributed by atoms with van der Waals surface area (Å²) < 4.78 is 5.07. The van der Waals surface area contributed by atoms with Crippen molar-refractivity contribution in [2.75, 3.05) is 38.7 Å². The molecule has 1 heterocycles. The fourth-order valence-electron chi connectivity index (χ4n) is 2.33. The molecular weight excluding hydrogens is 254 g/mol. The van der Waals surface area contributed by atoms with Crippen molar-refractivity contribution in [3.63, 3.8) is 0 Å². The van der Waals surface area contributed by atoms with Gasteiger partial charge in [0.05, 0.1) is 0 Å². The molecule has 2 nitrogen and oxygen atoms in total. The molecule has 0 radical (unpaired) electrons. The summed E-state index contributed by atoms with van der Waals surface area (Å²) in [7, 11) is 1.78. The van der Waals surface area contributed by atoms with E-state index in [0.29, 0.717) is 0 Å². The maximum atomic E-state index is 5.07. The zero-order valence-electron chi connectivity index (χ0n) is 9.88. The minimum atomic E-state index is 0.915. The van der Waals surface area contributed by atoms with Crippen LogP contribution in [0.5, 0.6) is 0 Å². The summed E-state index contributed by atoms with van der Waals surface area (Å²) in [6.45, 7) is 4.81. The average molecular weight is 278 g/mol. The quantitative estimate of drug-likeness (QED) is 0.524. The van der Waals surface area contributed by atoms with Crippen LogP contribution in [0.1, 0.15) is 32.1 Å². The van der Waals surface area contributed by atoms with Gasteiger partial charge in [-0.05, 0) is 51.1 Å². The van der Waals surface area contributed by atoms with Crippen molar-refractivity contribution < 1.29 is 4.74 Å². The van der Waals surface area contributed by atoms with E-state index in [9.17, 15) is 0 Å². The van der Waals surface area contributed by atoms with E-state index >= 15 is 0 Å². The van der Waals surface area contributed by atoms with Gasteiger partial charge in [0.15, 0.2) is 0 Å². The zero-order chi connectivity index (χ0) is 10.9. The number of nitrogens with zero attached hydrogens (tertiary/aromatic N) is 1. The van der Waals surface area contributed by atoms with E-state index in [1.54, 1.807) is 7.11 Å². The summed E-state index contributed by atoms with van der Waals surface area (Å²) in [5.41, 5.74) is 0. The number of hydrogen-bond acceptors (Lipinski definition) is 2. The number of likely N-dealkylation sites (tertiary alicyclic amines) is 1. The molecule has 0 spiro atoms. The molecule has 0 aliphatic carbocycles. The number of methoxy groups -OCH3 is 1. The Morgan fingerprint density at radius 2 is 2.27 bits per heavy atom. The fraction of sp³-hybridized carbons (Fsp3) is 1.00. The first-order valence-corrected chi connectivity index (χ1v) is 7.26. The van der Waals surface area contributed by atoms with Gasteiger partial charge in [0.2, 0.25) is 0 Å². The van der Waals surface area contributed by atoms with E-state index < -0.39 is 0 Å². The number of rotatable bonds is 7. The molecule has 1 atom stereocenters. The summed E-state index contributed by atoms with van der Waals surface area (Å²) in [5, 5.41) is 1.16. The van der Waals surface area contributed by atoms with Gasteiger partial charge in [-0.15, -0.1) is 0 Å². The van der Waals surface area contributed by atoms with E-state index in [4.69, 9.17) is 4.74 Å². The number of piperidine rings is 1. The molecule has 0 N–H and O–H groups in total. The number of unbranched alkanes of at least 4 members (excludes halogenated alkanes) is 1. The Kier molecular flexibility index (Phi) is 7.67. The number of hydrogen-bond donors (Lipinski definition) is 0. The first-order chi connectivity index (χ1) is 7.36. The van der Waals surface area contributed by atoms with E-state index in [1.165, 1.54) is 51.7 Å². The predicted molar refractivity (Wildman–Crippen MR) is 68.7 cm³/mol. The topological polar surface area (TPSA) is 12.5 Å². The molecule has 1 aliphatic heterocycles. The fourth-order valence-corrected chi connectivity index (χ4v) is 2.97. The lowest BCUT2D eigenvalue weighted by Gasteiger charge is -2.32. The molecule has 1 aliphatic rings. The summed E-state index contributed by atoms with van der Waals surface area (Å²) in [6, 6.07) is 0. The van der Waals surface area contributed by atoms with Crippen LogP contribution in [0.2, 0.25) is 0 Å². The van der Waals surface area contributed by atoms with Crippen LogP contribution in [0.15, 0.2) is 0 Å². The second-order valence-corrected chi connectivity index (χ2v) is 5.28. The van der Waals surface area contributed by atoms with Crippen molar-refractivity contribution in [3.05, 3.63) is 0 Å². The van der Waals surface area contributed by atoms with Crippen molar-refractivity contribution in [2.24, 2.45) is 5.92 Å². The molecule has 1 fully saturated rings. The first kappa shape index (κ1) is 13.5. The van der Waals surface area contributed by atoms with Gasteiger partial charge < -0.3 is 9.64 Å². The Labute approximate surface area is 102 Å².